The summed E-state index contributed by atoms with van der Waals surface area (Å²) in [5, 5.41) is 0. The zero-order chi connectivity index (χ0) is 15.6. The molecule has 0 heterocycles. The molecule has 0 spiro atoms. The number of carbonyl (C=O) groups is 1. The molecule has 116 valence electrons. The predicted octanol–water partition coefficient (Wildman–Crippen LogP) is 3.48. The van der Waals surface area contributed by atoms with E-state index in [0.29, 0.717) is 0 Å². The van der Waals surface area contributed by atoms with E-state index < -0.39 is 11.7 Å². The van der Waals surface area contributed by atoms with Gasteiger partial charge in [0.2, 0.25) is 0 Å². The van der Waals surface area contributed by atoms with Crippen molar-refractivity contribution in [3.05, 3.63) is 29.8 Å². The lowest BCUT2D eigenvalue weighted by atomic mass is 10.2. The fourth-order valence-electron chi connectivity index (χ4n) is 2.25. The van der Waals surface area contributed by atoms with Gasteiger partial charge in [0.15, 0.2) is 6.61 Å². The Morgan fingerprint density at radius 2 is 2.05 bits per heavy atom. The SMILES string of the molecule is CC(C)N(C(=O)COc1cccc(C(F)(F)F)c1)C1CC1. The summed E-state index contributed by atoms with van der Waals surface area (Å²) in [6.07, 6.45) is -2.46. The first-order chi connectivity index (χ1) is 9.79. The number of hydrogen-bond donors (Lipinski definition) is 0. The molecule has 0 radical (unpaired) electrons. The molecule has 1 aromatic rings. The minimum Gasteiger partial charge on any atom is -0.484 e. The zero-order valence-corrected chi connectivity index (χ0v) is 12.0. The van der Waals surface area contributed by atoms with E-state index in [1.807, 2.05) is 13.8 Å². The lowest BCUT2D eigenvalue weighted by molar-refractivity contribution is -0.137. The lowest BCUT2D eigenvalue weighted by Crippen LogP contribution is -2.41. The fraction of sp³-hybridized carbons (Fsp3) is 0.533. The average molecular weight is 301 g/mol. The Labute approximate surface area is 121 Å². The van der Waals surface area contributed by atoms with Crippen LogP contribution >= 0.6 is 0 Å². The van der Waals surface area contributed by atoms with Crippen LogP contribution in [0, 0.1) is 0 Å². The predicted molar refractivity (Wildman–Crippen MR) is 71.9 cm³/mol. The molecule has 6 heteroatoms. The monoisotopic (exact) mass is 301 g/mol. The molecule has 0 bridgehead atoms. The smallest absolute Gasteiger partial charge is 0.416 e. The maximum absolute atomic E-state index is 12.6. The minimum atomic E-state index is -4.42. The summed E-state index contributed by atoms with van der Waals surface area (Å²) in [7, 11) is 0. The lowest BCUT2D eigenvalue weighted by Gasteiger charge is -2.26. The molecular weight excluding hydrogens is 283 g/mol. The summed E-state index contributed by atoms with van der Waals surface area (Å²) in [5.41, 5.74) is -0.782. The summed E-state index contributed by atoms with van der Waals surface area (Å²) in [4.78, 5) is 13.8. The number of alkyl halides is 3. The van der Waals surface area contributed by atoms with E-state index in [1.54, 1.807) is 4.90 Å². The Hall–Kier alpha value is -1.72. The van der Waals surface area contributed by atoms with Gasteiger partial charge in [-0.25, -0.2) is 0 Å². The third-order valence-electron chi connectivity index (χ3n) is 3.31. The van der Waals surface area contributed by atoms with E-state index >= 15 is 0 Å². The van der Waals surface area contributed by atoms with Crippen LogP contribution in [-0.4, -0.2) is 29.5 Å². The van der Waals surface area contributed by atoms with Crippen molar-refractivity contribution in [3.63, 3.8) is 0 Å². The van der Waals surface area contributed by atoms with E-state index in [-0.39, 0.29) is 30.3 Å². The number of hydrogen-bond acceptors (Lipinski definition) is 2. The Morgan fingerprint density at radius 1 is 1.38 bits per heavy atom. The highest BCUT2D eigenvalue weighted by molar-refractivity contribution is 5.78. The molecule has 0 aliphatic heterocycles. The third-order valence-corrected chi connectivity index (χ3v) is 3.31. The van der Waals surface area contributed by atoms with Gasteiger partial charge >= 0.3 is 6.18 Å². The number of carbonyl (C=O) groups excluding carboxylic acids is 1. The Morgan fingerprint density at radius 3 is 2.57 bits per heavy atom. The molecule has 0 N–H and O–H groups in total. The van der Waals surface area contributed by atoms with Crippen LogP contribution in [0.5, 0.6) is 5.75 Å². The van der Waals surface area contributed by atoms with Gasteiger partial charge in [0.25, 0.3) is 5.91 Å². The van der Waals surface area contributed by atoms with E-state index in [9.17, 15) is 18.0 Å². The number of halogens is 3. The summed E-state index contributed by atoms with van der Waals surface area (Å²) < 4.78 is 43.0. The molecule has 1 aromatic carbocycles. The van der Waals surface area contributed by atoms with Crippen molar-refractivity contribution in [3.8, 4) is 5.75 Å². The molecule has 0 aromatic heterocycles. The quantitative estimate of drug-likeness (QED) is 0.833. The normalized spacial score (nSPS) is 15.1. The maximum atomic E-state index is 12.6. The average Bonchev–Trinajstić information content (AvgIpc) is 3.20. The van der Waals surface area contributed by atoms with E-state index in [1.165, 1.54) is 12.1 Å². The van der Waals surface area contributed by atoms with Gasteiger partial charge in [-0.2, -0.15) is 13.2 Å². The summed E-state index contributed by atoms with van der Waals surface area (Å²) in [6, 6.07) is 4.88. The van der Waals surface area contributed by atoms with Crippen molar-refractivity contribution in [2.45, 2.75) is 44.9 Å². The van der Waals surface area contributed by atoms with Crippen LogP contribution in [0.1, 0.15) is 32.3 Å². The summed E-state index contributed by atoms with van der Waals surface area (Å²) >= 11 is 0. The van der Waals surface area contributed by atoms with Crippen molar-refractivity contribution in [2.24, 2.45) is 0 Å². The second-order valence-electron chi connectivity index (χ2n) is 5.44. The number of amides is 1. The van der Waals surface area contributed by atoms with Gasteiger partial charge < -0.3 is 9.64 Å². The van der Waals surface area contributed by atoms with Crippen LogP contribution in [0.25, 0.3) is 0 Å². The molecule has 21 heavy (non-hydrogen) atoms. The number of benzene rings is 1. The molecule has 1 aliphatic rings. The standard InChI is InChI=1S/C15H18F3NO2/c1-10(2)19(12-6-7-12)14(20)9-21-13-5-3-4-11(8-13)15(16,17)18/h3-5,8,10,12H,6-7,9H2,1-2H3. The van der Waals surface area contributed by atoms with Crippen molar-refractivity contribution < 1.29 is 22.7 Å². The molecule has 3 nitrogen and oxygen atoms in total. The minimum absolute atomic E-state index is 0.0534. The fourth-order valence-corrected chi connectivity index (χ4v) is 2.25. The van der Waals surface area contributed by atoms with Crippen LogP contribution < -0.4 is 4.74 Å². The molecule has 0 saturated heterocycles. The molecule has 1 amide bonds. The third kappa shape index (κ3) is 4.12. The first kappa shape index (κ1) is 15.7. The second-order valence-corrected chi connectivity index (χ2v) is 5.44. The van der Waals surface area contributed by atoms with Crippen molar-refractivity contribution in [1.82, 2.24) is 4.90 Å². The van der Waals surface area contributed by atoms with Gasteiger partial charge in [0.05, 0.1) is 5.56 Å². The molecule has 2 rings (SSSR count). The summed E-state index contributed by atoms with van der Waals surface area (Å²) in [5.74, 6) is -0.136. The topological polar surface area (TPSA) is 29.5 Å². The zero-order valence-electron chi connectivity index (χ0n) is 12.0. The highest BCUT2D eigenvalue weighted by Gasteiger charge is 2.34. The van der Waals surface area contributed by atoms with Crippen molar-refractivity contribution >= 4 is 5.91 Å². The van der Waals surface area contributed by atoms with Crippen LogP contribution in [0.15, 0.2) is 24.3 Å². The Balaban J connectivity index is 1.98. The van der Waals surface area contributed by atoms with Crippen LogP contribution in [0.3, 0.4) is 0 Å². The second kappa shape index (κ2) is 5.95. The van der Waals surface area contributed by atoms with Crippen LogP contribution in [0.4, 0.5) is 13.2 Å². The number of nitrogens with zero attached hydrogens (tertiary/aromatic N) is 1. The molecule has 0 unspecified atom stereocenters. The molecular formula is C15H18F3NO2. The Bertz CT molecular complexity index is 508. The van der Waals surface area contributed by atoms with Gasteiger partial charge in [0, 0.05) is 12.1 Å². The van der Waals surface area contributed by atoms with Crippen molar-refractivity contribution in [2.75, 3.05) is 6.61 Å². The van der Waals surface area contributed by atoms with Crippen LogP contribution in [0.2, 0.25) is 0 Å². The largest absolute Gasteiger partial charge is 0.484 e. The summed E-state index contributed by atoms with van der Waals surface area (Å²) in [6.45, 7) is 3.59. The molecule has 0 atom stereocenters. The van der Waals surface area contributed by atoms with E-state index in [2.05, 4.69) is 0 Å². The molecule has 1 saturated carbocycles. The van der Waals surface area contributed by atoms with E-state index in [4.69, 9.17) is 4.74 Å². The first-order valence-corrected chi connectivity index (χ1v) is 6.90. The van der Waals surface area contributed by atoms with E-state index in [0.717, 1.165) is 25.0 Å². The highest BCUT2D eigenvalue weighted by Crippen LogP contribution is 2.31. The van der Waals surface area contributed by atoms with Gasteiger partial charge in [-0.3, -0.25) is 4.79 Å². The van der Waals surface area contributed by atoms with Crippen molar-refractivity contribution in [1.29, 1.82) is 0 Å². The van der Waals surface area contributed by atoms with Gasteiger partial charge in [-0.05, 0) is 44.9 Å². The highest BCUT2D eigenvalue weighted by atomic mass is 19.4. The maximum Gasteiger partial charge on any atom is 0.416 e. The number of rotatable bonds is 5. The van der Waals surface area contributed by atoms with Gasteiger partial charge in [0.1, 0.15) is 5.75 Å². The van der Waals surface area contributed by atoms with Gasteiger partial charge in [-0.15, -0.1) is 0 Å². The van der Waals surface area contributed by atoms with Crippen LogP contribution in [-0.2, 0) is 11.0 Å². The first-order valence-electron chi connectivity index (χ1n) is 6.90. The Kier molecular flexibility index (Phi) is 4.44. The van der Waals surface area contributed by atoms with Gasteiger partial charge in [-0.1, -0.05) is 6.07 Å². The molecule has 1 fully saturated rings. The molecule has 1 aliphatic carbocycles. The number of ether oxygens (including phenoxy) is 1.